The highest BCUT2D eigenvalue weighted by Crippen LogP contribution is 2.18. The molecule has 0 spiro atoms. The Balaban J connectivity index is 1.91. The molecule has 2 aromatic carbocycles. The standard InChI is InChI=1S/C18H19NO4/c1-3-22-16-7-5-4-6-15(16)18(21)23-12-17(20)19-14-10-8-13(2)9-11-14/h4-11H,3,12H2,1-2H3,(H,19,20). The van der Waals surface area contributed by atoms with Crippen molar-refractivity contribution in [3.05, 3.63) is 59.7 Å². The molecule has 0 saturated carbocycles. The fraction of sp³-hybridized carbons (Fsp3) is 0.222. The molecule has 5 heteroatoms. The van der Waals surface area contributed by atoms with E-state index in [1.54, 1.807) is 36.4 Å². The van der Waals surface area contributed by atoms with E-state index in [1.807, 2.05) is 26.0 Å². The van der Waals surface area contributed by atoms with E-state index in [0.29, 0.717) is 23.6 Å². The number of para-hydroxylation sites is 1. The van der Waals surface area contributed by atoms with Crippen LogP contribution in [0.1, 0.15) is 22.8 Å². The highest BCUT2D eigenvalue weighted by Gasteiger charge is 2.15. The average molecular weight is 313 g/mol. The van der Waals surface area contributed by atoms with Gasteiger partial charge >= 0.3 is 5.97 Å². The number of anilines is 1. The first-order valence-corrected chi connectivity index (χ1v) is 7.35. The van der Waals surface area contributed by atoms with E-state index in [0.717, 1.165) is 5.56 Å². The van der Waals surface area contributed by atoms with E-state index < -0.39 is 11.9 Å². The molecular weight excluding hydrogens is 294 g/mol. The quantitative estimate of drug-likeness (QED) is 0.832. The fourth-order valence-electron chi connectivity index (χ4n) is 1.96. The Morgan fingerprint density at radius 2 is 1.74 bits per heavy atom. The number of carbonyl (C=O) groups excluding carboxylic acids is 2. The highest BCUT2D eigenvalue weighted by atomic mass is 16.5. The lowest BCUT2D eigenvalue weighted by Crippen LogP contribution is -2.21. The number of aryl methyl sites for hydroxylation is 1. The summed E-state index contributed by atoms with van der Waals surface area (Å²) in [7, 11) is 0. The van der Waals surface area contributed by atoms with E-state index in [2.05, 4.69) is 5.32 Å². The van der Waals surface area contributed by atoms with Gasteiger partial charge in [0.2, 0.25) is 0 Å². The third kappa shape index (κ3) is 4.85. The number of carbonyl (C=O) groups is 2. The molecule has 0 aliphatic rings. The summed E-state index contributed by atoms with van der Waals surface area (Å²) in [5.41, 5.74) is 2.06. The molecule has 2 aromatic rings. The minimum atomic E-state index is -0.590. The van der Waals surface area contributed by atoms with Crippen LogP contribution in [0, 0.1) is 6.92 Å². The summed E-state index contributed by atoms with van der Waals surface area (Å²) >= 11 is 0. The zero-order chi connectivity index (χ0) is 16.7. The van der Waals surface area contributed by atoms with Crippen molar-refractivity contribution in [2.45, 2.75) is 13.8 Å². The van der Waals surface area contributed by atoms with Crippen molar-refractivity contribution in [2.75, 3.05) is 18.5 Å². The Hall–Kier alpha value is -2.82. The van der Waals surface area contributed by atoms with Crippen LogP contribution in [-0.2, 0) is 9.53 Å². The molecule has 0 radical (unpaired) electrons. The lowest BCUT2D eigenvalue weighted by Gasteiger charge is -2.10. The number of hydrogen-bond donors (Lipinski definition) is 1. The largest absolute Gasteiger partial charge is 0.493 e. The van der Waals surface area contributed by atoms with Gasteiger partial charge in [-0.3, -0.25) is 4.79 Å². The summed E-state index contributed by atoms with van der Waals surface area (Å²) in [6, 6.07) is 14.1. The molecule has 0 heterocycles. The van der Waals surface area contributed by atoms with Gasteiger partial charge in [0, 0.05) is 5.69 Å². The van der Waals surface area contributed by atoms with Gasteiger partial charge in [-0.15, -0.1) is 0 Å². The predicted octanol–water partition coefficient (Wildman–Crippen LogP) is 3.19. The zero-order valence-corrected chi connectivity index (χ0v) is 13.2. The van der Waals surface area contributed by atoms with Crippen molar-refractivity contribution in [3.8, 4) is 5.75 Å². The molecule has 2 rings (SSSR count). The minimum Gasteiger partial charge on any atom is -0.493 e. The van der Waals surface area contributed by atoms with Crippen LogP contribution in [-0.4, -0.2) is 25.1 Å². The van der Waals surface area contributed by atoms with Crippen molar-refractivity contribution in [1.82, 2.24) is 0 Å². The Bertz CT molecular complexity index is 680. The van der Waals surface area contributed by atoms with Crippen LogP contribution in [0.25, 0.3) is 0 Å². The number of nitrogens with one attached hydrogen (secondary N) is 1. The van der Waals surface area contributed by atoms with Crippen molar-refractivity contribution >= 4 is 17.6 Å². The van der Waals surface area contributed by atoms with Gasteiger partial charge in [0.25, 0.3) is 5.91 Å². The molecule has 0 saturated heterocycles. The second-order valence-corrected chi connectivity index (χ2v) is 4.92. The third-order valence-corrected chi connectivity index (χ3v) is 3.08. The normalized spacial score (nSPS) is 10.0. The summed E-state index contributed by atoms with van der Waals surface area (Å²) in [5.74, 6) is -0.539. The Morgan fingerprint density at radius 1 is 1.04 bits per heavy atom. The maximum absolute atomic E-state index is 12.1. The van der Waals surface area contributed by atoms with Crippen molar-refractivity contribution in [3.63, 3.8) is 0 Å². The molecule has 0 aromatic heterocycles. The Kier molecular flexibility index (Phi) is 5.74. The van der Waals surface area contributed by atoms with Gasteiger partial charge in [-0.25, -0.2) is 4.79 Å². The second kappa shape index (κ2) is 7.98. The van der Waals surface area contributed by atoms with Gasteiger partial charge in [-0.05, 0) is 38.1 Å². The van der Waals surface area contributed by atoms with E-state index in [9.17, 15) is 9.59 Å². The summed E-state index contributed by atoms with van der Waals surface area (Å²) < 4.78 is 10.4. The molecule has 23 heavy (non-hydrogen) atoms. The molecule has 120 valence electrons. The fourth-order valence-corrected chi connectivity index (χ4v) is 1.96. The first kappa shape index (κ1) is 16.5. The topological polar surface area (TPSA) is 64.6 Å². The lowest BCUT2D eigenvalue weighted by molar-refractivity contribution is -0.119. The maximum atomic E-state index is 12.1. The van der Waals surface area contributed by atoms with Crippen LogP contribution in [0.4, 0.5) is 5.69 Å². The van der Waals surface area contributed by atoms with Crippen LogP contribution < -0.4 is 10.1 Å². The number of ether oxygens (including phenoxy) is 2. The van der Waals surface area contributed by atoms with Crippen molar-refractivity contribution < 1.29 is 19.1 Å². The molecule has 5 nitrogen and oxygen atoms in total. The van der Waals surface area contributed by atoms with E-state index in [4.69, 9.17) is 9.47 Å². The maximum Gasteiger partial charge on any atom is 0.342 e. The van der Waals surface area contributed by atoms with Crippen LogP contribution in [0.3, 0.4) is 0 Å². The first-order valence-electron chi connectivity index (χ1n) is 7.35. The summed E-state index contributed by atoms with van der Waals surface area (Å²) in [4.78, 5) is 23.9. The van der Waals surface area contributed by atoms with E-state index >= 15 is 0 Å². The van der Waals surface area contributed by atoms with Crippen LogP contribution in [0.5, 0.6) is 5.75 Å². The predicted molar refractivity (Wildman–Crippen MR) is 87.7 cm³/mol. The number of benzene rings is 2. The molecule has 1 N–H and O–H groups in total. The van der Waals surface area contributed by atoms with Crippen LogP contribution in [0.2, 0.25) is 0 Å². The van der Waals surface area contributed by atoms with Crippen LogP contribution >= 0.6 is 0 Å². The van der Waals surface area contributed by atoms with Gasteiger partial charge < -0.3 is 14.8 Å². The summed E-state index contributed by atoms with van der Waals surface area (Å²) in [5, 5.41) is 2.67. The Labute approximate surface area is 135 Å². The first-order chi connectivity index (χ1) is 11.1. The van der Waals surface area contributed by atoms with Gasteiger partial charge in [-0.2, -0.15) is 0 Å². The second-order valence-electron chi connectivity index (χ2n) is 4.92. The molecule has 0 bridgehead atoms. The van der Waals surface area contributed by atoms with Gasteiger partial charge in [-0.1, -0.05) is 29.8 Å². The van der Waals surface area contributed by atoms with Gasteiger partial charge in [0.15, 0.2) is 6.61 Å². The number of rotatable bonds is 6. The van der Waals surface area contributed by atoms with E-state index in [-0.39, 0.29) is 6.61 Å². The zero-order valence-electron chi connectivity index (χ0n) is 13.2. The summed E-state index contributed by atoms with van der Waals surface area (Å²) in [6.45, 7) is 3.88. The van der Waals surface area contributed by atoms with Gasteiger partial charge in [0.05, 0.1) is 6.61 Å². The Morgan fingerprint density at radius 3 is 2.43 bits per heavy atom. The van der Waals surface area contributed by atoms with Crippen molar-refractivity contribution in [2.24, 2.45) is 0 Å². The highest BCUT2D eigenvalue weighted by molar-refractivity contribution is 5.96. The third-order valence-electron chi connectivity index (χ3n) is 3.08. The molecule has 1 amide bonds. The van der Waals surface area contributed by atoms with Crippen LogP contribution in [0.15, 0.2) is 48.5 Å². The van der Waals surface area contributed by atoms with E-state index in [1.165, 1.54) is 0 Å². The summed E-state index contributed by atoms with van der Waals surface area (Å²) in [6.07, 6.45) is 0. The molecule has 0 atom stereocenters. The molecule has 0 aliphatic heterocycles. The molecule has 0 aliphatic carbocycles. The number of hydrogen-bond acceptors (Lipinski definition) is 4. The van der Waals surface area contributed by atoms with Crippen molar-refractivity contribution in [1.29, 1.82) is 0 Å². The number of esters is 1. The molecular formula is C18H19NO4. The smallest absolute Gasteiger partial charge is 0.342 e. The minimum absolute atomic E-state index is 0.303. The monoisotopic (exact) mass is 313 g/mol. The SMILES string of the molecule is CCOc1ccccc1C(=O)OCC(=O)Nc1ccc(C)cc1. The number of amides is 1. The van der Waals surface area contributed by atoms with Gasteiger partial charge in [0.1, 0.15) is 11.3 Å². The molecule has 0 fully saturated rings. The lowest BCUT2D eigenvalue weighted by atomic mass is 10.2. The molecule has 0 unspecified atom stereocenters. The average Bonchev–Trinajstić information content (AvgIpc) is 2.56.